The summed E-state index contributed by atoms with van der Waals surface area (Å²) in [5.74, 6) is 0. The van der Waals surface area contributed by atoms with Gasteiger partial charge in [0.15, 0.2) is 0 Å². The second-order valence-corrected chi connectivity index (χ2v) is 19.8. The SMILES string of the molecule is CCCCCCCCC1(CCCCCCCC)c2cc(C)ccc2-c2ccc(-c3ccc(N(c4ccc(C)cc4)c4ccc(CCCCCCOCC5(C)COC5)cc4)cc3)cc21. The number of nitrogens with zero attached hydrogens (tertiary/aromatic N) is 1. The molecule has 0 amide bonds. The molecular formula is C60H79NO2. The lowest BCUT2D eigenvalue weighted by atomic mass is 9.70. The topological polar surface area (TPSA) is 21.7 Å². The van der Waals surface area contributed by atoms with Crippen LogP contribution in [0.5, 0.6) is 0 Å². The zero-order chi connectivity index (χ0) is 43.9. The second-order valence-electron chi connectivity index (χ2n) is 19.8. The minimum atomic E-state index is 0.0788. The molecule has 3 heteroatoms. The zero-order valence-electron chi connectivity index (χ0n) is 39.9. The van der Waals surface area contributed by atoms with E-state index in [1.54, 1.807) is 11.1 Å². The van der Waals surface area contributed by atoms with E-state index in [-0.39, 0.29) is 10.8 Å². The van der Waals surface area contributed by atoms with E-state index in [0.29, 0.717) is 0 Å². The van der Waals surface area contributed by atoms with E-state index in [9.17, 15) is 0 Å². The maximum Gasteiger partial charge on any atom is 0.0564 e. The number of ether oxygens (including phenoxy) is 2. The summed E-state index contributed by atoms with van der Waals surface area (Å²) < 4.78 is 11.3. The van der Waals surface area contributed by atoms with E-state index in [1.807, 2.05) is 0 Å². The Labute approximate surface area is 383 Å². The van der Waals surface area contributed by atoms with E-state index >= 15 is 0 Å². The highest BCUT2D eigenvalue weighted by Crippen LogP contribution is 2.55. The van der Waals surface area contributed by atoms with Crippen LogP contribution in [0.15, 0.2) is 109 Å². The summed E-state index contributed by atoms with van der Waals surface area (Å²) in [6.45, 7) is 14.7. The van der Waals surface area contributed by atoms with Crippen molar-refractivity contribution in [3.8, 4) is 22.3 Å². The van der Waals surface area contributed by atoms with E-state index < -0.39 is 0 Å². The van der Waals surface area contributed by atoms with Gasteiger partial charge < -0.3 is 14.4 Å². The van der Waals surface area contributed by atoms with Gasteiger partial charge in [-0.25, -0.2) is 0 Å². The normalized spacial score (nSPS) is 14.6. The van der Waals surface area contributed by atoms with Crippen molar-refractivity contribution < 1.29 is 9.47 Å². The van der Waals surface area contributed by atoms with Gasteiger partial charge in [0, 0.05) is 34.5 Å². The van der Waals surface area contributed by atoms with Crippen molar-refractivity contribution in [3.05, 3.63) is 137 Å². The van der Waals surface area contributed by atoms with Crippen LogP contribution >= 0.6 is 0 Å². The van der Waals surface area contributed by atoms with Gasteiger partial charge in [-0.3, -0.25) is 0 Å². The third-order valence-electron chi connectivity index (χ3n) is 14.2. The van der Waals surface area contributed by atoms with Crippen molar-refractivity contribution in [2.45, 2.75) is 162 Å². The molecular weight excluding hydrogens is 767 g/mol. The average Bonchev–Trinajstić information content (AvgIpc) is 3.55. The molecule has 2 aliphatic rings. The molecule has 1 heterocycles. The first-order valence-corrected chi connectivity index (χ1v) is 25.3. The highest BCUT2D eigenvalue weighted by Gasteiger charge is 2.42. The molecule has 3 nitrogen and oxygen atoms in total. The first kappa shape index (κ1) is 46.8. The van der Waals surface area contributed by atoms with Crippen molar-refractivity contribution in [1.82, 2.24) is 0 Å². The summed E-state index contributed by atoms with van der Waals surface area (Å²) in [5.41, 5.74) is 16.7. The molecule has 0 N–H and O–H groups in total. The fourth-order valence-corrected chi connectivity index (χ4v) is 10.4. The van der Waals surface area contributed by atoms with Crippen molar-refractivity contribution in [2.75, 3.05) is 31.3 Å². The van der Waals surface area contributed by atoms with Gasteiger partial charge >= 0.3 is 0 Å². The smallest absolute Gasteiger partial charge is 0.0564 e. The van der Waals surface area contributed by atoms with Crippen LogP contribution in [0.1, 0.15) is 164 Å². The molecule has 1 saturated heterocycles. The lowest BCUT2D eigenvalue weighted by Gasteiger charge is -2.37. The third kappa shape index (κ3) is 12.1. The molecule has 5 aromatic rings. The number of hydrogen-bond donors (Lipinski definition) is 0. The summed E-state index contributed by atoms with van der Waals surface area (Å²) in [7, 11) is 0. The molecule has 1 fully saturated rings. The zero-order valence-corrected chi connectivity index (χ0v) is 39.9. The lowest BCUT2D eigenvalue weighted by molar-refractivity contribution is -0.137. The second kappa shape index (κ2) is 23.1. The summed E-state index contributed by atoms with van der Waals surface area (Å²) in [4.78, 5) is 2.41. The molecule has 5 aromatic carbocycles. The number of hydrogen-bond acceptors (Lipinski definition) is 3. The fraction of sp³-hybridized carbons (Fsp3) is 0.500. The van der Waals surface area contributed by atoms with E-state index in [0.717, 1.165) is 39.3 Å². The molecule has 0 atom stereocenters. The monoisotopic (exact) mass is 846 g/mol. The summed E-state index contributed by atoms with van der Waals surface area (Å²) >= 11 is 0. The van der Waals surface area contributed by atoms with Gasteiger partial charge in [-0.1, -0.05) is 189 Å². The highest BCUT2D eigenvalue weighted by molar-refractivity contribution is 5.85. The number of rotatable bonds is 27. The number of aryl methyl sites for hydroxylation is 3. The first-order valence-electron chi connectivity index (χ1n) is 25.3. The van der Waals surface area contributed by atoms with Gasteiger partial charge in [-0.2, -0.15) is 0 Å². The van der Waals surface area contributed by atoms with Crippen LogP contribution in [0, 0.1) is 19.3 Å². The average molecular weight is 846 g/mol. The molecule has 0 radical (unpaired) electrons. The molecule has 0 bridgehead atoms. The minimum Gasteiger partial charge on any atom is -0.381 e. The van der Waals surface area contributed by atoms with Gasteiger partial charge in [0.25, 0.3) is 0 Å². The van der Waals surface area contributed by atoms with Crippen LogP contribution in [-0.4, -0.2) is 26.4 Å². The Hall–Kier alpha value is -4.18. The number of unbranched alkanes of at least 4 members (excludes halogenated alkanes) is 13. The molecule has 0 spiro atoms. The minimum absolute atomic E-state index is 0.0788. The lowest BCUT2D eigenvalue weighted by Crippen LogP contribution is -2.43. The Kier molecular flexibility index (Phi) is 17.2. The molecule has 1 aliphatic carbocycles. The Morgan fingerprint density at radius 3 is 1.60 bits per heavy atom. The molecule has 7 rings (SSSR count). The van der Waals surface area contributed by atoms with Crippen LogP contribution in [0.3, 0.4) is 0 Å². The standard InChI is InChI=1S/C60H79NO2/c1-6-8-10-12-15-19-39-60(40-20-16-13-11-9-7-2)57-42-48(4)25-37-55(57)56-38-30-51(43-58(56)60)50-28-35-54(36-29-50)61(52-31-23-47(3)24-32-52)53-33-26-49(27-34-53)22-18-14-17-21-41-62-44-59(5)45-63-46-59/h23-38,42-43H,6-22,39-41,44-46H2,1-5H3. The van der Waals surface area contributed by atoms with Gasteiger partial charge in [0.05, 0.1) is 19.8 Å². The van der Waals surface area contributed by atoms with Crippen molar-refractivity contribution >= 4 is 17.1 Å². The Balaban J connectivity index is 1.08. The predicted molar refractivity (Wildman–Crippen MR) is 270 cm³/mol. The molecule has 1 aliphatic heterocycles. The summed E-state index contributed by atoms with van der Waals surface area (Å²) in [5, 5.41) is 0. The van der Waals surface area contributed by atoms with E-state index in [2.05, 4.69) is 149 Å². The van der Waals surface area contributed by atoms with Crippen LogP contribution in [0.2, 0.25) is 0 Å². The molecule has 63 heavy (non-hydrogen) atoms. The van der Waals surface area contributed by atoms with Gasteiger partial charge in [0.1, 0.15) is 0 Å². The van der Waals surface area contributed by atoms with Gasteiger partial charge in [-0.05, 0) is 127 Å². The van der Waals surface area contributed by atoms with Crippen molar-refractivity contribution in [3.63, 3.8) is 0 Å². The number of anilines is 3. The van der Waals surface area contributed by atoms with Crippen LogP contribution in [0.25, 0.3) is 22.3 Å². The summed E-state index contributed by atoms with van der Waals surface area (Å²) in [6.07, 6.45) is 24.5. The van der Waals surface area contributed by atoms with Gasteiger partial charge in [0.2, 0.25) is 0 Å². The largest absolute Gasteiger partial charge is 0.381 e. The molecule has 0 aromatic heterocycles. The van der Waals surface area contributed by atoms with Gasteiger partial charge in [-0.15, -0.1) is 0 Å². The quantitative estimate of drug-likeness (QED) is 0.0492. The summed E-state index contributed by atoms with van der Waals surface area (Å²) in [6, 6.07) is 42.4. The molecule has 0 saturated carbocycles. The van der Waals surface area contributed by atoms with Crippen LogP contribution in [0.4, 0.5) is 17.1 Å². The third-order valence-corrected chi connectivity index (χ3v) is 14.2. The van der Waals surface area contributed by atoms with Crippen molar-refractivity contribution in [1.29, 1.82) is 0 Å². The first-order chi connectivity index (χ1) is 30.8. The number of benzene rings is 5. The number of fused-ring (bicyclic) bond motifs is 3. The Bertz CT molecular complexity index is 2110. The van der Waals surface area contributed by atoms with Crippen LogP contribution < -0.4 is 4.90 Å². The maximum atomic E-state index is 5.95. The van der Waals surface area contributed by atoms with E-state index in [1.165, 1.54) is 165 Å². The van der Waals surface area contributed by atoms with Crippen LogP contribution in [-0.2, 0) is 21.3 Å². The predicted octanol–water partition coefficient (Wildman–Crippen LogP) is 17.4. The van der Waals surface area contributed by atoms with E-state index in [4.69, 9.17) is 9.47 Å². The molecule has 0 unspecified atom stereocenters. The Morgan fingerprint density at radius 1 is 0.508 bits per heavy atom. The molecule has 336 valence electrons. The maximum absolute atomic E-state index is 5.95. The Morgan fingerprint density at radius 2 is 1.00 bits per heavy atom. The highest BCUT2D eigenvalue weighted by atomic mass is 16.5. The van der Waals surface area contributed by atoms with Crippen molar-refractivity contribution in [2.24, 2.45) is 5.41 Å². The fourth-order valence-electron chi connectivity index (χ4n) is 10.4.